The summed E-state index contributed by atoms with van der Waals surface area (Å²) in [5, 5.41) is 1.28. The molecule has 1 rings (SSSR count). The maximum absolute atomic E-state index is 5.08. The van der Waals surface area contributed by atoms with Gasteiger partial charge in [0.1, 0.15) is 11.5 Å². The normalized spacial score (nSPS) is 9.64. The molecular formula is C8H12O2Si. The Kier molecular flexibility index (Phi) is 2.54. The van der Waals surface area contributed by atoms with Crippen molar-refractivity contribution in [3.63, 3.8) is 0 Å². The molecule has 0 aliphatic rings. The fourth-order valence-corrected chi connectivity index (χ4v) is 1.52. The summed E-state index contributed by atoms with van der Waals surface area (Å²) in [6, 6.07) is 5.92. The fourth-order valence-electron chi connectivity index (χ4n) is 0.950. The maximum atomic E-state index is 5.08. The first-order valence-electron chi connectivity index (χ1n) is 3.46. The van der Waals surface area contributed by atoms with E-state index in [4.69, 9.17) is 9.47 Å². The van der Waals surface area contributed by atoms with Crippen LogP contribution in [0.3, 0.4) is 0 Å². The molecule has 0 amide bonds. The van der Waals surface area contributed by atoms with Crippen LogP contribution in [-0.4, -0.2) is 24.5 Å². The molecule has 0 spiro atoms. The summed E-state index contributed by atoms with van der Waals surface area (Å²) in [5.41, 5.74) is 0. The van der Waals surface area contributed by atoms with Gasteiger partial charge in [-0.05, 0) is 12.1 Å². The molecular weight excluding hydrogens is 156 g/mol. The number of hydrogen-bond acceptors (Lipinski definition) is 2. The highest BCUT2D eigenvalue weighted by molar-refractivity contribution is 6.32. The van der Waals surface area contributed by atoms with Gasteiger partial charge in [0.2, 0.25) is 0 Å². The zero-order valence-electron chi connectivity index (χ0n) is 7.05. The molecule has 2 nitrogen and oxygen atoms in total. The van der Waals surface area contributed by atoms with Crippen LogP contribution < -0.4 is 14.7 Å². The summed E-state index contributed by atoms with van der Waals surface area (Å²) in [6.07, 6.45) is 0. The zero-order valence-corrected chi connectivity index (χ0v) is 9.05. The second kappa shape index (κ2) is 3.43. The zero-order chi connectivity index (χ0) is 8.27. The van der Waals surface area contributed by atoms with E-state index in [0.717, 1.165) is 21.7 Å². The van der Waals surface area contributed by atoms with Crippen LogP contribution in [0.2, 0.25) is 0 Å². The summed E-state index contributed by atoms with van der Waals surface area (Å²) >= 11 is 0. The minimum absolute atomic E-state index is 0.870. The summed E-state index contributed by atoms with van der Waals surface area (Å²) in [4.78, 5) is 0. The molecule has 11 heavy (non-hydrogen) atoms. The van der Waals surface area contributed by atoms with E-state index >= 15 is 0 Å². The van der Waals surface area contributed by atoms with Crippen molar-refractivity contribution in [2.75, 3.05) is 14.2 Å². The van der Waals surface area contributed by atoms with Gasteiger partial charge < -0.3 is 9.47 Å². The minimum atomic E-state index is 0.870. The fraction of sp³-hybridized carbons (Fsp3) is 0.250. The second-order valence-corrected chi connectivity index (χ2v) is 3.54. The Bertz CT molecular complexity index is 226. The molecule has 0 unspecified atom stereocenters. The molecule has 0 heterocycles. The molecule has 0 atom stereocenters. The third-order valence-corrected chi connectivity index (χ3v) is 2.07. The Balaban J connectivity index is 3.02. The molecule has 0 radical (unpaired) electrons. The summed E-state index contributed by atoms with van der Waals surface area (Å²) in [6.45, 7) is 0. The lowest BCUT2D eigenvalue weighted by Gasteiger charge is -2.04. The van der Waals surface area contributed by atoms with Gasteiger partial charge in [0.25, 0.3) is 0 Å². The molecule has 0 aliphatic heterocycles. The van der Waals surface area contributed by atoms with Crippen LogP contribution in [0.15, 0.2) is 18.2 Å². The van der Waals surface area contributed by atoms with Gasteiger partial charge in [0.15, 0.2) is 0 Å². The quantitative estimate of drug-likeness (QED) is 0.564. The average molecular weight is 168 g/mol. The van der Waals surface area contributed by atoms with Gasteiger partial charge in [-0.15, -0.1) is 0 Å². The van der Waals surface area contributed by atoms with Crippen LogP contribution in [0.4, 0.5) is 0 Å². The monoisotopic (exact) mass is 168 g/mol. The van der Waals surface area contributed by atoms with E-state index in [1.807, 2.05) is 18.2 Å². The summed E-state index contributed by atoms with van der Waals surface area (Å²) < 4.78 is 10.2. The Hall–Kier alpha value is -0.963. The molecule has 0 saturated heterocycles. The van der Waals surface area contributed by atoms with Crippen molar-refractivity contribution >= 4 is 15.4 Å². The minimum Gasteiger partial charge on any atom is -0.497 e. The summed E-state index contributed by atoms with van der Waals surface area (Å²) in [7, 11) is 4.35. The predicted octanol–water partition coefficient (Wildman–Crippen LogP) is -0.306. The van der Waals surface area contributed by atoms with Crippen molar-refractivity contribution < 1.29 is 9.47 Å². The Morgan fingerprint density at radius 1 is 1.00 bits per heavy atom. The van der Waals surface area contributed by atoms with E-state index in [2.05, 4.69) is 0 Å². The van der Waals surface area contributed by atoms with Gasteiger partial charge in [0.05, 0.1) is 14.2 Å². The van der Waals surface area contributed by atoms with Gasteiger partial charge in [-0.25, -0.2) is 0 Å². The summed E-state index contributed by atoms with van der Waals surface area (Å²) in [5.74, 6) is 1.74. The van der Waals surface area contributed by atoms with Gasteiger partial charge in [-0.1, -0.05) is 5.19 Å². The molecule has 60 valence electrons. The van der Waals surface area contributed by atoms with Crippen LogP contribution in [0.5, 0.6) is 11.5 Å². The Morgan fingerprint density at radius 3 is 1.82 bits per heavy atom. The highest BCUT2D eigenvalue weighted by Crippen LogP contribution is 2.16. The second-order valence-electron chi connectivity index (χ2n) is 2.39. The number of benzene rings is 1. The smallest absolute Gasteiger partial charge is 0.122 e. The SMILES string of the molecule is COc1cc([SiH3])cc(OC)c1. The topological polar surface area (TPSA) is 18.5 Å². The van der Waals surface area contributed by atoms with Crippen LogP contribution in [0, 0.1) is 0 Å². The lowest BCUT2D eigenvalue weighted by molar-refractivity contribution is 0.395. The molecule has 0 bridgehead atoms. The van der Waals surface area contributed by atoms with Crippen molar-refractivity contribution in [3.05, 3.63) is 18.2 Å². The van der Waals surface area contributed by atoms with Crippen molar-refractivity contribution in [3.8, 4) is 11.5 Å². The molecule has 3 heteroatoms. The van der Waals surface area contributed by atoms with E-state index in [0.29, 0.717) is 0 Å². The Labute approximate surface area is 69.6 Å². The molecule has 0 fully saturated rings. The molecule has 0 aliphatic carbocycles. The molecule has 0 N–H and O–H groups in total. The van der Waals surface area contributed by atoms with Crippen LogP contribution in [0.25, 0.3) is 0 Å². The lowest BCUT2D eigenvalue weighted by Crippen LogP contribution is -2.02. The van der Waals surface area contributed by atoms with E-state index in [9.17, 15) is 0 Å². The van der Waals surface area contributed by atoms with Crippen molar-refractivity contribution in [2.24, 2.45) is 0 Å². The molecule has 0 saturated carbocycles. The number of rotatable bonds is 2. The van der Waals surface area contributed by atoms with Gasteiger partial charge >= 0.3 is 0 Å². The third-order valence-electron chi connectivity index (χ3n) is 1.50. The highest BCUT2D eigenvalue weighted by Gasteiger charge is 1.96. The van der Waals surface area contributed by atoms with E-state index in [1.54, 1.807) is 14.2 Å². The number of ether oxygens (including phenoxy) is 2. The first-order chi connectivity index (χ1) is 5.26. The first-order valence-corrected chi connectivity index (χ1v) is 4.46. The van der Waals surface area contributed by atoms with Crippen molar-refractivity contribution in [1.29, 1.82) is 0 Å². The number of hydrogen-bond donors (Lipinski definition) is 0. The van der Waals surface area contributed by atoms with Crippen molar-refractivity contribution in [1.82, 2.24) is 0 Å². The van der Waals surface area contributed by atoms with Crippen LogP contribution in [-0.2, 0) is 0 Å². The molecule has 0 aromatic heterocycles. The van der Waals surface area contributed by atoms with E-state index in [-0.39, 0.29) is 0 Å². The average Bonchev–Trinajstić information content (AvgIpc) is 2.03. The van der Waals surface area contributed by atoms with Gasteiger partial charge in [-0.2, -0.15) is 0 Å². The van der Waals surface area contributed by atoms with Crippen LogP contribution >= 0.6 is 0 Å². The Morgan fingerprint density at radius 2 is 1.45 bits per heavy atom. The standard InChI is InChI=1S/C8H12O2Si/c1-9-6-3-7(10-2)5-8(11)4-6/h3-5H,1-2,11H3. The largest absolute Gasteiger partial charge is 0.497 e. The van der Waals surface area contributed by atoms with E-state index < -0.39 is 0 Å². The maximum Gasteiger partial charge on any atom is 0.122 e. The lowest BCUT2D eigenvalue weighted by atomic mass is 10.3. The molecule has 1 aromatic rings. The predicted molar refractivity (Wildman–Crippen MR) is 49.1 cm³/mol. The van der Waals surface area contributed by atoms with Crippen molar-refractivity contribution in [2.45, 2.75) is 0 Å². The van der Waals surface area contributed by atoms with E-state index in [1.165, 1.54) is 5.19 Å². The van der Waals surface area contributed by atoms with Gasteiger partial charge in [-0.3, -0.25) is 0 Å². The molecule has 1 aromatic carbocycles. The van der Waals surface area contributed by atoms with Crippen LogP contribution in [0.1, 0.15) is 0 Å². The third kappa shape index (κ3) is 1.98. The first kappa shape index (κ1) is 8.14. The number of methoxy groups -OCH3 is 2. The van der Waals surface area contributed by atoms with Gasteiger partial charge in [0, 0.05) is 16.3 Å². The highest BCUT2D eigenvalue weighted by atomic mass is 28.1.